The van der Waals surface area contributed by atoms with Crippen LogP contribution >= 0.6 is 0 Å². The van der Waals surface area contributed by atoms with Crippen LogP contribution in [-0.2, 0) is 14.3 Å². The van der Waals surface area contributed by atoms with Gasteiger partial charge in [-0.25, -0.2) is 0 Å². The van der Waals surface area contributed by atoms with Crippen molar-refractivity contribution in [3.05, 3.63) is 0 Å². The summed E-state index contributed by atoms with van der Waals surface area (Å²) in [6.07, 6.45) is 1.68. The van der Waals surface area contributed by atoms with E-state index in [2.05, 4.69) is 5.32 Å². The van der Waals surface area contributed by atoms with Gasteiger partial charge in [0.05, 0.1) is 25.4 Å². The van der Waals surface area contributed by atoms with Crippen LogP contribution in [0.1, 0.15) is 12.8 Å². The summed E-state index contributed by atoms with van der Waals surface area (Å²) in [5, 5.41) is 3.24. The summed E-state index contributed by atoms with van der Waals surface area (Å²) in [4.78, 5) is 14.0. The van der Waals surface area contributed by atoms with E-state index in [0.29, 0.717) is 25.6 Å². The highest BCUT2D eigenvalue weighted by atomic mass is 16.5. The number of carbonyl (C=O) groups excluding carboxylic acids is 1. The van der Waals surface area contributed by atoms with E-state index in [4.69, 9.17) is 9.47 Å². The fraction of sp³-hybridized carbons (Fsp3) is 0.917. The summed E-state index contributed by atoms with van der Waals surface area (Å²) in [6.45, 7) is 5.52. The molecular weight excluding hydrogens is 220 g/mol. The average Bonchev–Trinajstić information content (AvgIpc) is 2.74. The molecule has 0 aromatic heterocycles. The number of hydrogen-bond acceptors (Lipinski definition) is 4. The SMILES string of the molecule is O=C(CC1COC2(CNC2)C1)N1CCOCC1. The van der Waals surface area contributed by atoms with E-state index in [1.807, 2.05) is 4.90 Å². The van der Waals surface area contributed by atoms with Gasteiger partial charge in [-0.1, -0.05) is 0 Å². The number of ether oxygens (including phenoxy) is 2. The molecule has 3 saturated heterocycles. The Kier molecular flexibility index (Phi) is 3.06. The van der Waals surface area contributed by atoms with Crippen molar-refractivity contribution in [3.63, 3.8) is 0 Å². The number of carbonyl (C=O) groups is 1. The fourth-order valence-electron chi connectivity index (χ4n) is 2.91. The van der Waals surface area contributed by atoms with E-state index in [1.54, 1.807) is 0 Å². The Morgan fingerprint density at radius 1 is 1.35 bits per heavy atom. The Morgan fingerprint density at radius 3 is 2.71 bits per heavy atom. The number of nitrogens with one attached hydrogen (secondary N) is 1. The molecule has 0 radical (unpaired) electrons. The molecule has 0 saturated carbocycles. The third-order valence-corrected chi connectivity index (χ3v) is 4.01. The van der Waals surface area contributed by atoms with Gasteiger partial charge in [-0.3, -0.25) is 4.79 Å². The molecule has 5 nitrogen and oxygen atoms in total. The molecule has 1 amide bonds. The van der Waals surface area contributed by atoms with Crippen molar-refractivity contribution in [2.24, 2.45) is 5.92 Å². The average molecular weight is 240 g/mol. The Morgan fingerprint density at radius 2 is 2.12 bits per heavy atom. The van der Waals surface area contributed by atoms with Gasteiger partial charge in [-0.2, -0.15) is 0 Å². The lowest BCUT2D eigenvalue weighted by Crippen LogP contribution is -2.59. The van der Waals surface area contributed by atoms with Crippen LogP contribution in [0.2, 0.25) is 0 Å². The van der Waals surface area contributed by atoms with Crippen LogP contribution in [0.15, 0.2) is 0 Å². The zero-order valence-corrected chi connectivity index (χ0v) is 10.1. The normalized spacial score (nSPS) is 31.5. The van der Waals surface area contributed by atoms with Gasteiger partial charge < -0.3 is 19.7 Å². The van der Waals surface area contributed by atoms with Crippen molar-refractivity contribution in [2.75, 3.05) is 46.0 Å². The van der Waals surface area contributed by atoms with Crippen molar-refractivity contribution in [1.82, 2.24) is 10.2 Å². The molecule has 0 aromatic rings. The highest BCUT2D eigenvalue weighted by molar-refractivity contribution is 5.76. The second-order valence-corrected chi connectivity index (χ2v) is 5.37. The second-order valence-electron chi connectivity index (χ2n) is 5.37. The first-order chi connectivity index (χ1) is 8.27. The molecule has 1 unspecified atom stereocenters. The largest absolute Gasteiger partial charge is 0.378 e. The lowest BCUT2D eigenvalue weighted by atomic mass is 9.87. The van der Waals surface area contributed by atoms with Gasteiger partial charge in [0.25, 0.3) is 0 Å². The second kappa shape index (κ2) is 4.55. The molecule has 3 fully saturated rings. The van der Waals surface area contributed by atoms with Crippen LogP contribution < -0.4 is 5.32 Å². The fourth-order valence-corrected chi connectivity index (χ4v) is 2.91. The summed E-state index contributed by atoms with van der Waals surface area (Å²) in [5.41, 5.74) is 0.0654. The van der Waals surface area contributed by atoms with Crippen molar-refractivity contribution in [2.45, 2.75) is 18.4 Å². The molecule has 96 valence electrons. The molecule has 5 heteroatoms. The van der Waals surface area contributed by atoms with Crippen molar-refractivity contribution in [3.8, 4) is 0 Å². The molecule has 1 atom stereocenters. The smallest absolute Gasteiger partial charge is 0.223 e. The molecule has 0 bridgehead atoms. The van der Waals surface area contributed by atoms with E-state index in [9.17, 15) is 4.79 Å². The van der Waals surface area contributed by atoms with Crippen LogP contribution in [0.25, 0.3) is 0 Å². The van der Waals surface area contributed by atoms with Crippen LogP contribution in [0, 0.1) is 5.92 Å². The van der Waals surface area contributed by atoms with E-state index >= 15 is 0 Å². The molecule has 0 aromatic carbocycles. The van der Waals surface area contributed by atoms with Crippen molar-refractivity contribution in [1.29, 1.82) is 0 Å². The minimum absolute atomic E-state index is 0.0654. The molecule has 1 N–H and O–H groups in total. The minimum atomic E-state index is 0.0654. The molecule has 1 spiro atoms. The predicted octanol–water partition coefficient (Wildman–Crippen LogP) is -0.386. The van der Waals surface area contributed by atoms with Crippen LogP contribution in [0.4, 0.5) is 0 Å². The molecule has 17 heavy (non-hydrogen) atoms. The topological polar surface area (TPSA) is 50.8 Å². The third-order valence-electron chi connectivity index (χ3n) is 4.01. The first-order valence-corrected chi connectivity index (χ1v) is 6.48. The molecule has 3 aliphatic rings. The summed E-state index contributed by atoms with van der Waals surface area (Å²) in [5.74, 6) is 0.679. The maximum absolute atomic E-state index is 12.1. The lowest BCUT2D eigenvalue weighted by molar-refractivity contribution is -0.136. The van der Waals surface area contributed by atoms with E-state index in [0.717, 1.165) is 39.2 Å². The van der Waals surface area contributed by atoms with E-state index in [1.165, 1.54) is 0 Å². The van der Waals surface area contributed by atoms with Gasteiger partial charge >= 0.3 is 0 Å². The van der Waals surface area contributed by atoms with E-state index < -0.39 is 0 Å². The maximum atomic E-state index is 12.1. The van der Waals surface area contributed by atoms with Gasteiger partial charge in [-0.15, -0.1) is 0 Å². The third kappa shape index (κ3) is 2.32. The zero-order valence-electron chi connectivity index (χ0n) is 10.1. The molecule has 0 aliphatic carbocycles. The molecule has 3 aliphatic heterocycles. The van der Waals surface area contributed by atoms with Gasteiger partial charge in [0, 0.05) is 32.6 Å². The quantitative estimate of drug-likeness (QED) is 0.714. The lowest BCUT2D eigenvalue weighted by Gasteiger charge is -2.38. The first-order valence-electron chi connectivity index (χ1n) is 6.48. The summed E-state index contributed by atoms with van der Waals surface area (Å²) in [6, 6.07) is 0. The molecule has 3 heterocycles. The number of morpholine rings is 1. The van der Waals surface area contributed by atoms with Gasteiger partial charge in [-0.05, 0) is 12.3 Å². The summed E-state index contributed by atoms with van der Waals surface area (Å²) in [7, 11) is 0. The summed E-state index contributed by atoms with van der Waals surface area (Å²) >= 11 is 0. The Hall–Kier alpha value is -0.650. The zero-order chi connectivity index (χ0) is 11.7. The summed E-state index contributed by atoms with van der Waals surface area (Å²) < 4.78 is 11.1. The predicted molar refractivity (Wildman–Crippen MR) is 61.7 cm³/mol. The van der Waals surface area contributed by atoms with E-state index in [-0.39, 0.29) is 11.5 Å². The van der Waals surface area contributed by atoms with Crippen molar-refractivity contribution < 1.29 is 14.3 Å². The number of hydrogen-bond donors (Lipinski definition) is 1. The van der Waals surface area contributed by atoms with Gasteiger partial charge in [0.1, 0.15) is 0 Å². The molecule has 3 rings (SSSR count). The highest BCUT2D eigenvalue weighted by Crippen LogP contribution is 2.35. The standard InChI is InChI=1S/C12H20N2O3/c15-11(14-1-3-16-4-2-14)5-10-6-12(17-7-10)8-13-9-12/h10,13H,1-9H2. The minimum Gasteiger partial charge on any atom is -0.378 e. The Balaban J connectivity index is 1.48. The Bertz CT molecular complexity index is 298. The molecular formula is C12H20N2O3. The first kappa shape index (κ1) is 11.4. The monoisotopic (exact) mass is 240 g/mol. The highest BCUT2D eigenvalue weighted by Gasteiger charge is 2.45. The number of nitrogens with zero attached hydrogens (tertiary/aromatic N) is 1. The van der Waals surface area contributed by atoms with Gasteiger partial charge in [0.15, 0.2) is 0 Å². The van der Waals surface area contributed by atoms with Crippen LogP contribution in [0.5, 0.6) is 0 Å². The Labute approximate surface area is 101 Å². The van der Waals surface area contributed by atoms with Crippen molar-refractivity contribution >= 4 is 5.91 Å². The number of amides is 1. The van der Waals surface area contributed by atoms with Crippen LogP contribution in [-0.4, -0.2) is 62.4 Å². The van der Waals surface area contributed by atoms with Crippen LogP contribution in [0.3, 0.4) is 0 Å². The number of rotatable bonds is 2. The van der Waals surface area contributed by atoms with Gasteiger partial charge in [0.2, 0.25) is 5.91 Å². The maximum Gasteiger partial charge on any atom is 0.223 e.